The predicted molar refractivity (Wildman–Crippen MR) is 110 cm³/mol. The van der Waals surface area contributed by atoms with E-state index >= 15 is 0 Å². The second-order valence-electron chi connectivity index (χ2n) is 7.25. The van der Waals surface area contributed by atoms with Gasteiger partial charge in [0.1, 0.15) is 5.78 Å². The molecule has 0 heterocycles. The van der Waals surface area contributed by atoms with E-state index in [2.05, 4.69) is 12.2 Å². The lowest BCUT2D eigenvalue weighted by Crippen LogP contribution is -2.22. The van der Waals surface area contributed by atoms with Gasteiger partial charge in [-0.3, -0.25) is 9.88 Å². The molecular formula is C21H38NO3P. The Morgan fingerprint density at radius 2 is 1.27 bits per heavy atom. The molecule has 4 nitrogen and oxygen atoms in total. The van der Waals surface area contributed by atoms with Gasteiger partial charge in [-0.15, -0.1) is 0 Å². The minimum atomic E-state index is -4.19. The van der Waals surface area contributed by atoms with Gasteiger partial charge < -0.3 is 9.79 Å². The van der Waals surface area contributed by atoms with E-state index < -0.39 is 13.4 Å². The highest BCUT2D eigenvalue weighted by Crippen LogP contribution is 2.49. The minimum absolute atomic E-state index is 0.641. The first-order valence-corrected chi connectivity index (χ1v) is 12.1. The molecule has 150 valence electrons. The van der Waals surface area contributed by atoms with Gasteiger partial charge in [-0.2, -0.15) is 0 Å². The van der Waals surface area contributed by atoms with Gasteiger partial charge in [-0.1, -0.05) is 108 Å². The van der Waals surface area contributed by atoms with E-state index in [0.29, 0.717) is 12.1 Å². The van der Waals surface area contributed by atoms with Crippen molar-refractivity contribution in [1.82, 2.24) is 5.32 Å². The second kappa shape index (κ2) is 14.4. The van der Waals surface area contributed by atoms with Gasteiger partial charge in [-0.25, -0.2) is 0 Å². The van der Waals surface area contributed by atoms with Crippen molar-refractivity contribution < 1.29 is 14.4 Å². The molecule has 0 spiro atoms. The van der Waals surface area contributed by atoms with E-state index in [4.69, 9.17) is 0 Å². The highest BCUT2D eigenvalue weighted by Gasteiger charge is 2.29. The van der Waals surface area contributed by atoms with Gasteiger partial charge in [0.2, 0.25) is 0 Å². The van der Waals surface area contributed by atoms with E-state index in [1.54, 1.807) is 12.1 Å². The number of benzene rings is 1. The van der Waals surface area contributed by atoms with Crippen molar-refractivity contribution >= 4 is 7.60 Å². The molecule has 0 bridgehead atoms. The van der Waals surface area contributed by atoms with Crippen LogP contribution in [0.4, 0.5) is 0 Å². The third kappa shape index (κ3) is 11.1. The van der Waals surface area contributed by atoms with Crippen LogP contribution in [-0.4, -0.2) is 16.3 Å². The van der Waals surface area contributed by atoms with E-state index in [9.17, 15) is 14.4 Å². The molecule has 1 aromatic carbocycles. The fraction of sp³-hybridized carbons (Fsp3) is 0.714. The lowest BCUT2D eigenvalue weighted by Gasteiger charge is -2.20. The molecular weight excluding hydrogens is 345 g/mol. The summed E-state index contributed by atoms with van der Waals surface area (Å²) in [5.74, 6) is -0.892. The molecule has 0 fully saturated rings. The van der Waals surface area contributed by atoms with Gasteiger partial charge in [-0.05, 0) is 18.5 Å². The van der Waals surface area contributed by atoms with E-state index in [1.165, 1.54) is 64.2 Å². The highest BCUT2D eigenvalue weighted by molar-refractivity contribution is 7.52. The summed E-state index contributed by atoms with van der Waals surface area (Å²) >= 11 is 0. The van der Waals surface area contributed by atoms with Crippen LogP contribution in [0.1, 0.15) is 95.3 Å². The first-order valence-electron chi connectivity index (χ1n) is 10.4. The lowest BCUT2D eigenvalue weighted by molar-refractivity contribution is 0.347. The van der Waals surface area contributed by atoms with E-state index in [1.807, 2.05) is 18.2 Å². The zero-order chi connectivity index (χ0) is 19.1. The summed E-state index contributed by atoms with van der Waals surface area (Å²) < 4.78 is 11.7. The molecule has 1 aromatic rings. The predicted octanol–water partition coefficient (Wildman–Crippen LogP) is 6.15. The number of nitrogens with one attached hydrogen (secondary N) is 1. The van der Waals surface area contributed by atoms with Gasteiger partial charge in [0.15, 0.2) is 0 Å². The Balaban J connectivity index is 2.04. The summed E-state index contributed by atoms with van der Waals surface area (Å²) in [4.78, 5) is 19.1. The molecule has 5 heteroatoms. The first-order chi connectivity index (χ1) is 12.6. The number of hydrogen-bond donors (Lipinski definition) is 3. The Morgan fingerprint density at radius 1 is 0.808 bits per heavy atom. The fourth-order valence-corrected chi connectivity index (χ4v) is 4.20. The lowest BCUT2D eigenvalue weighted by atomic mass is 10.1. The van der Waals surface area contributed by atoms with Crippen LogP contribution in [0, 0.1) is 0 Å². The van der Waals surface area contributed by atoms with E-state index in [-0.39, 0.29) is 0 Å². The molecule has 3 N–H and O–H groups in total. The van der Waals surface area contributed by atoms with Crippen molar-refractivity contribution in [2.75, 3.05) is 6.54 Å². The van der Waals surface area contributed by atoms with Gasteiger partial charge >= 0.3 is 7.60 Å². The van der Waals surface area contributed by atoms with Crippen molar-refractivity contribution in [2.45, 2.75) is 89.8 Å². The zero-order valence-corrected chi connectivity index (χ0v) is 17.3. The average Bonchev–Trinajstić information content (AvgIpc) is 2.62. The largest absolute Gasteiger partial charge is 0.346 e. The molecule has 0 amide bonds. The molecule has 0 aromatic heterocycles. The highest BCUT2D eigenvalue weighted by atomic mass is 31.2. The summed E-state index contributed by atoms with van der Waals surface area (Å²) in [5, 5.41) is 3.05. The first kappa shape index (κ1) is 23.4. The van der Waals surface area contributed by atoms with E-state index in [0.717, 1.165) is 12.8 Å². The van der Waals surface area contributed by atoms with Crippen LogP contribution in [0.15, 0.2) is 30.3 Å². The summed E-state index contributed by atoms with van der Waals surface area (Å²) in [7, 11) is -4.19. The summed E-state index contributed by atoms with van der Waals surface area (Å²) in [6.07, 6.45) is 15.4. The molecule has 0 aliphatic heterocycles. The minimum Gasteiger partial charge on any atom is -0.323 e. The number of hydrogen-bond acceptors (Lipinski definition) is 2. The van der Waals surface area contributed by atoms with Crippen LogP contribution < -0.4 is 5.32 Å². The van der Waals surface area contributed by atoms with Gasteiger partial charge in [0.05, 0.1) is 0 Å². The molecule has 0 aliphatic carbocycles. The Labute approximate surface area is 160 Å². The second-order valence-corrected chi connectivity index (χ2v) is 8.94. The average molecular weight is 384 g/mol. The normalized spacial score (nSPS) is 13.0. The van der Waals surface area contributed by atoms with Crippen LogP contribution in [0.3, 0.4) is 0 Å². The van der Waals surface area contributed by atoms with Crippen molar-refractivity contribution in [3.63, 3.8) is 0 Å². The smallest absolute Gasteiger partial charge is 0.323 e. The number of unbranched alkanes of at least 4 members (excludes halogenated alkanes) is 11. The monoisotopic (exact) mass is 383 g/mol. The molecule has 0 saturated heterocycles. The van der Waals surface area contributed by atoms with Crippen LogP contribution in [0.2, 0.25) is 0 Å². The van der Waals surface area contributed by atoms with Crippen molar-refractivity contribution in [3.8, 4) is 0 Å². The Kier molecular flexibility index (Phi) is 12.9. The molecule has 26 heavy (non-hydrogen) atoms. The van der Waals surface area contributed by atoms with Crippen molar-refractivity contribution in [1.29, 1.82) is 0 Å². The van der Waals surface area contributed by atoms with Crippen LogP contribution in [0.25, 0.3) is 0 Å². The van der Waals surface area contributed by atoms with Crippen molar-refractivity contribution in [3.05, 3.63) is 35.9 Å². The third-order valence-electron chi connectivity index (χ3n) is 4.82. The maximum absolute atomic E-state index is 11.7. The van der Waals surface area contributed by atoms with Gasteiger partial charge in [0.25, 0.3) is 0 Å². The third-order valence-corrected chi connectivity index (χ3v) is 5.97. The standard InChI is InChI=1S/C21H38NO3P/c1-2-3-4-5-6-7-8-9-10-11-12-16-19-22-21(26(23,24)25)20-17-14-13-15-18-20/h13-15,17-18,21-22H,2-12,16,19H2,1H3,(H2,23,24,25). The molecule has 0 saturated carbocycles. The quantitative estimate of drug-likeness (QED) is 0.236. The maximum Gasteiger partial charge on any atom is 0.346 e. The molecule has 1 rings (SSSR count). The Morgan fingerprint density at radius 3 is 1.73 bits per heavy atom. The van der Waals surface area contributed by atoms with Gasteiger partial charge in [0, 0.05) is 0 Å². The molecule has 1 atom stereocenters. The topological polar surface area (TPSA) is 69.6 Å². The zero-order valence-electron chi connectivity index (χ0n) is 16.4. The maximum atomic E-state index is 11.7. The molecule has 1 unspecified atom stereocenters. The SMILES string of the molecule is CCCCCCCCCCCCCCNC(c1ccccc1)P(=O)(O)O. The number of rotatable bonds is 16. The van der Waals surface area contributed by atoms with Crippen LogP contribution >= 0.6 is 7.60 Å². The molecule has 0 radical (unpaired) electrons. The summed E-state index contributed by atoms with van der Waals surface area (Å²) in [6.45, 7) is 2.89. The fourth-order valence-electron chi connectivity index (χ4n) is 3.27. The van der Waals surface area contributed by atoms with Crippen LogP contribution in [0.5, 0.6) is 0 Å². The summed E-state index contributed by atoms with van der Waals surface area (Å²) in [5.41, 5.74) is 0.653. The Bertz CT molecular complexity index is 489. The summed E-state index contributed by atoms with van der Waals surface area (Å²) in [6, 6.07) is 9.00. The van der Waals surface area contributed by atoms with Crippen LogP contribution in [-0.2, 0) is 4.57 Å². The Hall–Kier alpha value is -0.670. The van der Waals surface area contributed by atoms with Crippen molar-refractivity contribution in [2.24, 2.45) is 0 Å². The molecule has 0 aliphatic rings.